The Kier molecular flexibility index (Phi) is 7.70. The minimum atomic E-state index is -0.965. The van der Waals surface area contributed by atoms with Crippen molar-refractivity contribution in [2.45, 2.75) is 38.0 Å². The van der Waals surface area contributed by atoms with E-state index in [0.717, 1.165) is 5.75 Å². The summed E-state index contributed by atoms with van der Waals surface area (Å²) in [4.78, 5) is 22.5. The van der Waals surface area contributed by atoms with Crippen LogP contribution in [-0.4, -0.2) is 45.5 Å². The molecule has 0 heterocycles. The van der Waals surface area contributed by atoms with Gasteiger partial charge >= 0.3 is 5.97 Å². The van der Waals surface area contributed by atoms with Crippen molar-refractivity contribution in [1.29, 1.82) is 0 Å². The van der Waals surface area contributed by atoms with Gasteiger partial charge in [0.25, 0.3) is 0 Å². The van der Waals surface area contributed by atoms with Crippen LogP contribution < -0.4 is 5.32 Å². The predicted molar refractivity (Wildman–Crippen MR) is 74.8 cm³/mol. The molecular weight excluding hydrogens is 258 g/mol. The van der Waals surface area contributed by atoms with Crippen LogP contribution in [0, 0.1) is 0 Å². The number of carboxylic acid groups (broad SMARTS) is 1. The summed E-state index contributed by atoms with van der Waals surface area (Å²) in [6.45, 7) is 6.06. The van der Waals surface area contributed by atoms with Gasteiger partial charge in [-0.3, -0.25) is 4.79 Å². The lowest BCUT2D eigenvalue weighted by Gasteiger charge is -2.18. The molecule has 0 spiro atoms. The van der Waals surface area contributed by atoms with Crippen LogP contribution in [-0.2, 0) is 9.59 Å². The highest BCUT2D eigenvalue weighted by atomic mass is 32.2. The Hall–Kier alpha value is -0.360. The Morgan fingerprint density at radius 3 is 2.35 bits per heavy atom. The van der Waals surface area contributed by atoms with E-state index in [9.17, 15) is 9.59 Å². The van der Waals surface area contributed by atoms with Crippen molar-refractivity contribution in [3.05, 3.63) is 0 Å². The van der Waals surface area contributed by atoms with E-state index in [1.54, 1.807) is 11.8 Å². The third-order valence-corrected chi connectivity index (χ3v) is 3.80. The number of hydrogen-bond acceptors (Lipinski definition) is 4. The molecule has 0 unspecified atom stereocenters. The van der Waals surface area contributed by atoms with Crippen molar-refractivity contribution in [2.24, 2.45) is 0 Å². The molecule has 4 nitrogen and oxygen atoms in total. The molecule has 0 rings (SSSR count). The summed E-state index contributed by atoms with van der Waals surface area (Å²) in [6, 6.07) is -0.768. The van der Waals surface area contributed by atoms with Gasteiger partial charge in [0.05, 0.1) is 5.75 Å². The number of aliphatic carboxylic acids is 1. The van der Waals surface area contributed by atoms with Crippen LogP contribution in [0.1, 0.15) is 27.2 Å². The van der Waals surface area contributed by atoms with E-state index in [1.807, 2.05) is 27.0 Å². The van der Waals surface area contributed by atoms with Crippen LogP contribution in [0.2, 0.25) is 0 Å². The third-order valence-electron chi connectivity index (χ3n) is 1.88. The summed E-state index contributed by atoms with van der Waals surface area (Å²) in [6.07, 6.45) is 2.37. The highest BCUT2D eigenvalue weighted by Crippen LogP contribution is 2.22. The monoisotopic (exact) mass is 279 g/mol. The first-order chi connectivity index (χ1) is 7.76. The molecule has 0 saturated carbocycles. The molecule has 0 aromatic rings. The maximum Gasteiger partial charge on any atom is 0.326 e. The zero-order valence-corrected chi connectivity index (χ0v) is 12.4. The van der Waals surface area contributed by atoms with Crippen molar-refractivity contribution in [1.82, 2.24) is 5.32 Å². The third kappa shape index (κ3) is 9.35. The first-order valence-corrected chi connectivity index (χ1v) is 7.79. The second-order valence-electron chi connectivity index (χ2n) is 4.64. The molecule has 0 aliphatic heterocycles. The van der Waals surface area contributed by atoms with E-state index in [4.69, 9.17) is 5.11 Å². The molecule has 0 aromatic heterocycles. The molecule has 17 heavy (non-hydrogen) atoms. The first-order valence-electron chi connectivity index (χ1n) is 5.41. The van der Waals surface area contributed by atoms with Gasteiger partial charge in [-0.25, -0.2) is 4.79 Å². The van der Waals surface area contributed by atoms with Crippen LogP contribution >= 0.6 is 23.5 Å². The van der Waals surface area contributed by atoms with E-state index >= 15 is 0 Å². The van der Waals surface area contributed by atoms with E-state index in [-0.39, 0.29) is 10.7 Å². The van der Waals surface area contributed by atoms with Gasteiger partial charge in [0, 0.05) is 4.75 Å². The van der Waals surface area contributed by atoms with Crippen LogP contribution in [0.25, 0.3) is 0 Å². The van der Waals surface area contributed by atoms with E-state index in [2.05, 4.69) is 5.32 Å². The van der Waals surface area contributed by atoms with E-state index in [1.165, 1.54) is 11.8 Å². The van der Waals surface area contributed by atoms with Gasteiger partial charge in [-0.15, -0.1) is 11.8 Å². The van der Waals surface area contributed by atoms with Gasteiger partial charge < -0.3 is 10.4 Å². The smallest absolute Gasteiger partial charge is 0.326 e. The highest BCUT2D eigenvalue weighted by molar-refractivity contribution is 8.01. The van der Waals surface area contributed by atoms with Crippen LogP contribution in [0.4, 0.5) is 0 Å². The molecule has 0 saturated heterocycles. The molecule has 1 amide bonds. The summed E-state index contributed by atoms with van der Waals surface area (Å²) >= 11 is 3.08. The molecule has 0 fully saturated rings. The van der Waals surface area contributed by atoms with Gasteiger partial charge in [-0.05, 0) is 18.4 Å². The maximum absolute atomic E-state index is 11.6. The summed E-state index contributed by atoms with van der Waals surface area (Å²) in [5.41, 5.74) is 0. The number of nitrogens with one attached hydrogen (secondary N) is 1. The molecule has 0 bridgehead atoms. The number of thioether (sulfide) groups is 2. The van der Waals surface area contributed by atoms with Crippen molar-refractivity contribution in [2.75, 3.05) is 17.8 Å². The zero-order chi connectivity index (χ0) is 13.5. The summed E-state index contributed by atoms with van der Waals surface area (Å²) in [5.74, 6) is -0.150. The van der Waals surface area contributed by atoms with Gasteiger partial charge in [0.15, 0.2) is 0 Å². The molecule has 2 N–H and O–H groups in total. The maximum atomic E-state index is 11.6. The minimum absolute atomic E-state index is 0.00926. The number of carbonyl (C=O) groups excluding carboxylic acids is 1. The van der Waals surface area contributed by atoms with Gasteiger partial charge in [-0.2, -0.15) is 11.8 Å². The predicted octanol–water partition coefficient (Wildman–Crippen LogP) is 1.84. The zero-order valence-electron chi connectivity index (χ0n) is 10.8. The molecule has 1 atom stereocenters. The molecule has 0 aliphatic rings. The number of rotatable bonds is 7. The topological polar surface area (TPSA) is 66.4 Å². The summed E-state index contributed by atoms with van der Waals surface area (Å²) < 4.78 is 0.00926. The van der Waals surface area contributed by atoms with E-state index in [0.29, 0.717) is 12.2 Å². The fourth-order valence-corrected chi connectivity index (χ4v) is 2.13. The van der Waals surface area contributed by atoms with Crippen molar-refractivity contribution < 1.29 is 14.7 Å². The largest absolute Gasteiger partial charge is 0.480 e. The summed E-state index contributed by atoms with van der Waals surface area (Å²) in [7, 11) is 0. The van der Waals surface area contributed by atoms with Crippen molar-refractivity contribution >= 4 is 35.4 Å². The Bertz CT molecular complexity index is 264. The fraction of sp³-hybridized carbons (Fsp3) is 0.818. The normalized spacial score (nSPS) is 13.2. The molecular formula is C11H21NO3S2. The summed E-state index contributed by atoms with van der Waals surface area (Å²) in [5, 5.41) is 11.5. The Balaban J connectivity index is 4.08. The van der Waals surface area contributed by atoms with E-state index < -0.39 is 12.0 Å². The lowest BCUT2D eigenvalue weighted by atomic mass is 10.2. The van der Waals surface area contributed by atoms with Gasteiger partial charge in [-0.1, -0.05) is 20.8 Å². The number of carbonyl (C=O) groups is 2. The standard InChI is InChI=1S/C11H21NO3S2/c1-11(2,3)17-7-9(13)12-8(10(14)15)5-6-16-4/h8H,5-7H2,1-4H3,(H,12,13)(H,14,15)/t8-/m0/s1. The first kappa shape index (κ1) is 16.6. The van der Waals surface area contributed by atoms with Gasteiger partial charge in [0.2, 0.25) is 5.91 Å². The lowest BCUT2D eigenvalue weighted by molar-refractivity contribution is -0.141. The second kappa shape index (κ2) is 7.87. The quantitative estimate of drug-likeness (QED) is 0.744. The van der Waals surface area contributed by atoms with Gasteiger partial charge in [0.1, 0.15) is 6.04 Å². The number of amides is 1. The Morgan fingerprint density at radius 1 is 1.35 bits per heavy atom. The Labute approximate surface area is 111 Å². The number of carboxylic acids is 1. The van der Waals surface area contributed by atoms with Crippen molar-refractivity contribution in [3.8, 4) is 0 Å². The molecule has 100 valence electrons. The minimum Gasteiger partial charge on any atom is -0.480 e. The highest BCUT2D eigenvalue weighted by Gasteiger charge is 2.20. The molecule has 0 aromatic carbocycles. The fourth-order valence-electron chi connectivity index (χ4n) is 1.01. The average Bonchev–Trinajstić information content (AvgIpc) is 2.19. The number of hydrogen-bond donors (Lipinski definition) is 2. The van der Waals surface area contributed by atoms with Crippen molar-refractivity contribution in [3.63, 3.8) is 0 Å². The second-order valence-corrected chi connectivity index (χ2v) is 7.43. The average molecular weight is 279 g/mol. The van der Waals surface area contributed by atoms with Crippen LogP contribution in [0.3, 0.4) is 0 Å². The molecule has 0 aliphatic carbocycles. The van der Waals surface area contributed by atoms with Crippen LogP contribution in [0.5, 0.6) is 0 Å². The lowest BCUT2D eigenvalue weighted by Crippen LogP contribution is -2.42. The van der Waals surface area contributed by atoms with Crippen LogP contribution in [0.15, 0.2) is 0 Å². The molecule has 6 heteroatoms. The SMILES string of the molecule is CSCC[C@H](NC(=O)CSC(C)(C)C)C(=O)O. The Morgan fingerprint density at radius 2 is 1.94 bits per heavy atom. The molecule has 0 radical (unpaired) electrons.